The average molecular weight is 657 g/mol. The van der Waals surface area contributed by atoms with Crippen molar-refractivity contribution in [3.05, 3.63) is 106 Å². The molecule has 2 rings (SSSR count). The zero-order chi connectivity index (χ0) is 34.5. The molecule has 0 saturated carbocycles. The van der Waals surface area contributed by atoms with Crippen molar-refractivity contribution in [3.8, 4) is 0 Å². The molecule has 4 atom stereocenters. The molecule has 47 heavy (non-hydrogen) atoms. The highest BCUT2D eigenvalue weighted by Crippen LogP contribution is 2.41. The van der Waals surface area contributed by atoms with Crippen LogP contribution >= 0.6 is 0 Å². The van der Waals surface area contributed by atoms with Gasteiger partial charge in [0, 0.05) is 38.8 Å². The fourth-order valence-electron chi connectivity index (χ4n) is 4.37. The van der Waals surface area contributed by atoms with Gasteiger partial charge in [-0.15, -0.1) is 0 Å². The Morgan fingerprint density at radius 1 is 1.00 bits per heavy atom. The van der Waals surface area contributed by atoms with E-state index in [0.717, 1.165) is 67.2 Å². The number of rotatable bonds is 19. The highest BCUT2D eigenvalue weighted by molar-refractivity contribution is 5.76. The number of aromatic nitrogens is 2. The minimum Gasteiger partial charge on any atom is -0.416 e. The Morgan fingerprint density at radius 3 is 2.06 bits per heavy atom. The number of aliphatic hydroxyl groups is 1. The fraction of sp³-hybridized carbons (Fsp3) is 0.486. The van der Waals surface area contributed by atoms with Crippen molar-refractivity contribution < 1.29 is 28.6 Å². The number of alkyl halides is 1. The van der Waals surface area contributed by atoms with Gasteiger partial charge in [-0.2, -0.15) is 0 Å². The predicted octanol–water partition coefficient (Wildman–Crippen LogP) is 5.14. The molecule has 0 aliphatic carbocycles. The molecule has 1 saturated heterocycles. The van der Waals surface area contributed by atoms with Gasteiger partial charge in [0.1, 0.15) is 0 Å². The Balaban J connectivity index is 1.57. The monoisotopic (exact) mass is 656 g/mol. The number of carbonyl (C=O) groups excluding carboxylic acids is 2. The number of H-pyrrole nitrogens is 1. The van der Waals surface area contributed by atoms with Crippen molar-refractivity contribution in [1.82, 2.24) is 19.8 Å². The summed E-state index contributed by atoms with van der Waals surface area (Å²) in [6.45, 7) is 3.36. The third-order valence-corrected chi connectivity index (χ3v) is 7.12. The highest BCUT2D eigenvalue weighted by Gasteiger charge is 2.57. The van der Waals surface area contributed by atoms with E-state index in [-0.39, 0.29) is 19.0 Å². The molecule has 12 heteroatoms. The number of nitrogens with zero attached hydrogens (tertiary/aromatic N) is 2. The van der Waals surface area contributed by atoms with Crippen LogP contribution in [0.4, 0.5) is 9.18 Å². The van der Waals surface area contributed by atoms with Crippen LogP contribution in [-0.4, -0.2) is 69.8 Å². The molecule has 258 valence electrons. The molecule has 2 amide bonds. The minimum atomic E-state index is -2.51. The average Bonchev–Trinajstić information content (AvgIpc) is 3.25. The summed E-state index contributed by atoms with van der Waals surface area (Å²) < 4.78 is 26.5. The molecule has 11 nitrogen and oxygen atoms in total. The quantitative estimate of drug-likeness (QED) is 0.175. The lowest BCUT2D eigenvalue weighted by Crippen LogP contribution is -2.44. The topological polar surface area (TPSA) is 143 Å². The Hall–Kier alpha value is -4.29. The number of aliphatic hydroxyl groups excluding tert-OH is 1. The summed E-state index contributed by atoms with van der Waals surface area (Å²) in [5, 5.41) is 13.1. The second kappa shape index (κ2) is 21.5. The first-order valence-electron chi connectivity index (χ1n) is 16.0. The highest BCUT2D eigenvalue weighted by atomic mass is 19.1. The van der Waals surface area contributed by atoms with Gasteiger partial charge in [0.05, 0.1) is 0 Å². The molecular weight excluding hydrogens is 607 g/mol. The molecule has 0 spiro atoms. The van der Waals surface area contributed by atoms with E-state index in [1.165, 1.54) is 7.05 Å². The van der Waals surface area contributed by atoms with Gasteiger partial charge in [0.25, 0.3) is 5.56 Å². The van der Waals surface area contributed by atoms with Crippen molar-refractivity contribution in [1.29, 1.82) is 0 Å². The molecule has 1 aliphatic rings. The SMILES string of the molecule is CC/C=C\C/C=C\C/C=C\C/C=C\C/C=C\C/C=C\CCC(=O)NCCN(C)C(=O)O[C@H]1O[C@@H](n2ccc(=O)[nH]c2=O)[C@](C)(F)[C@@H]1O. The summed E-state index contributed by atoms with van der Waals surface area (Å²) in [4.78, 5) is 51.1. The molecule has 0 radical (unpaired) electrons. The van der Waals surface area contributed by atoms with Crippen molar-refractivity contribution >= 4 is 12.0 Å². The van der Waals surface area contributed by atoms with E-state index in [9.17, 15) is 24.3 Å². The van der Waals surface area contributed by atoms with Crippen LogP contribution in [0.3, 0.4) is 0 Å². The Labute approximate surface area is 275 Å². The predicted molar refractivity (Wildman–Crippen MR) is 180 cm³/mol. The molecule has 1 fully saturated rings. The van der Waals surface area contributed by atoms with Crippen LogP contribution in [0.5, 0.6) is 0 Å². The Bertz CT molecular complexity index is 1410. The fourth-order valence-corrected chi connectivity index (χ4v) is 4.37. The van der Waals surface area contributed by atoms with Gasteiger partial charge in [-0.05, 0) is 51.9 Å². The van der Waals surface area contributed by atoms with E-state index >= 15 is 4.39 Å². The number of allylic oxidation sites excluding steroid dienone is 12. The van der Waals surface area contributed by atoms with Crippen molar-refractivity contribution in [2.45, 2.75) is 89.5 Å². The lowest BCUT2D eigenvalue weighted by atomic mass is 10.0. The molecule has 0 unspecified atom stereocenters. The van der Waals surface area contributed by atoms with E-state index in [4.69, 9.17) is 9.47 Å². The van der Waals surface area contributed by atoms with E-state index in [0.29, 0.717) is 12.8 Å². The Kier molecular flexibility index (Phi) is 17.8. The zero-order valence-corrected chi connectivity index (χ0v) is 27.6. The van der Waals surface area contributed by atoms with Crippen LogP contribution in [0.2, 0.25) is 0 Å². The molecule has 2 heterocycles. The number of likely N-dealkylation sites (N-methyl/N-ethyl adjacent to an activating group) is 1. The second-order valence-electron chi connectivity index (χ2n) is 11.1. The first-order valence-corrected chi connectivity index (χ1v) is 16.0. The lowest BCUT2D eigenvalue weighted by molar-refractivity contribution is -0.149. The van der Waals surface area contributed by atoms with Crippen LogP contribution in [0.25, 0.3) is 0 Å². The normalized spacial score (nSPS) is 21.8. The summed E-state index contributed by atoms with van der Waals surface area (Å²) in [6, 6.07) is 0.998. The third kappa shape index (κ3) is 14.3. The zero-order valence-electron chi connectivity index (χ0n) is 27.6. The summed E-state index contributed by atoms with van der Waals surface area (Å²) >= 11 is 0. The van der Waals surface area contributed by atoms with Gasteiger partial charge in [-0.1, -0.05) is 79.8 Å². The number of ether oxygens (including phenoxy) is 2. The van der Waals surface area contributed by atoms with Crippen LogP contribution in [0.1, 0.15) is 71.4 Å². The summed E-state index contributed by atoms with van der Waals surface area (Å²) in [5.41, 5.74) is -4.14. The van der Waals surface area contributed by atoms with Crippen LogP contribution in [0.15, 0.2) is 94.8 Å². The molecule has 1 aliphatic heterocycles. The van der Waals surface area contributed by atoms with Crippen LogP contribution in [0, 0.1) is 0 Å². The summed E-state index contributed by atoms with van der Waals surface area (Å²) in [7, 11) is 1.41. The van der Waals surface area contributed by atoms with Gasteiger partial charge < -0.3 is 24.8 Å². The number of halogens is 1. The standard InChI is InChI=1S/C35H49FN4O7/c1-4-5-6-7-8-9-10-11-12-13-14-15-16-17-18-19-20-21-22-23-28(41)37-25-27-39(3)34(45)47-31-30(43)35(2,36)32(46-31)40-26-24-29(42)38-33(40)44/h5-6,8-9,11-12,14-15,17-18,20-21,24,26,30-32,43H,4,7,10,13,16,19,22-23,25,27H2,1-3H3,(H,37,41)(H,38,42,44)/b6-5-,9-8-,12-11-,15-14-,18-17-,21-20-/t30-,31-,32-,35-/m1/s1. The van der Waals surface area contributed by atoms with E-state index in [1.807, 2.05) is 17.1 Å². The molecule has 1 aromatic heterocycles. The van der Waals surface area contributed by atoms with Crippen LogP contribution in [-0.2, 0) is 14.3 Å². The van der Waals surface area contributed by atoms with Gasteiger partial charge in [-0.3, -0.25) is 19.1 Å². The molecule has 0 bridgehead atoms. The largest absolute Gasteiger partial charge is 0.416 e. The number of nitrogens with one attached hydrogen (secondary N) is 2. The third-order valence-electron chi connectivity index (χ3n) is 7.12. The van der Waals surface area contributed by atoms with E-state index in [1.54, 1.807) is 0 Å². The van der Waals surface area contributed by atoms with Gasteiger partial charge in [0.15, 0.2) is 18.0 Å². The van der Waals surface area contributed by atoms with Gasteiger partial charge >= 0.3 is 11.8 Å². The summed E-state index contributed by atoms with van der Waals surface area (Å²) in [6.07, 6.45) is 26.8. The lowest BCUT2D eigenvalue weighted by Gasteiger charge is -2.24. The second-order valence-corrected chi connectivity index (χ2v) is 11.1. The first kappa shape index (κ1) is 38.9. The maximum Gasteiger partial charge on any atom is 0.411 e. The van der Waals surface area contributed by atoms with Gasteiger partial charge in [-0.25, -0.2) is 14.0 Å². The summed E-state index contributed by atoms with van der Waals surface area (Å²) in [5.74, 6) is -0.178. The Morgan fingerprint density at radius 2 is 1.53 bits per heavy atom. The number of hydrogen-bond donors (Lipinski definition) is 3. The number of hydrogen-bond acceptors (Lipinski definition) is 7. The van der Waals surface area contributed by atoms with E-state index in [2.05, 4.69) is 73.0 Å². The maximum atomic E-state index is 15.3. The van der Waals surface area contributed by atoms with Gasteiger partial charge in [0.2, 0.25) is 12.2 Å². The molecule has 3 N–H and O–H groups in total. The van der Waals surface area contributed by atoms with Crippen molar-refractivity contribution in [2.24, 2.45) is 0 Å². The van der Waals surface area contributed by atoms with Crippen molar-refractivity contribution in [3.63, 3.8) is 0 Å². The number of carbonyl (C=O) groups is 2. The number of amides is 2. The minimum absolute atomic E-state index is 0.0863. The van der Waals surface area contributed by atoms with E-state index < -0.39 is 41.6 Å². The molecule has 1 aromatic rings. The molecular formula is C35H49FN4O7. The smallest absolute Gasteiger partial charge is 0.411 e. The van der Waals surface area contributed by atoms with Crippen LogP contribution < -0.4 is 16.6 Å². The first-order chi connectivity index (χ1) is 22.6. The maximum absolute atomic E-state index is 15.3. The molecule has 0 aromatic carbocycles. The van der Waals surface area contributed by atoms with Crippen molar-refractivity contribution in [2.75, 3.05) is 20.1 Å². The number of aromatic amines is 1.